The minimum Gasteiger partial charge on any atom is -0.393 e. The van der Waals surface area contributed by atoms with Crippen molar-refractivity contribution in [2.45, 2.75) is 0 Å². The van der Waals surface area contributed by atoms with Crippen LogP contribution in [0.25, 0.3) is 0 Å². The third kappa shape index (κ3) is 6.29. The van der Waals surface area contributed by atoms with Crippen molar-refractivity contribution in [1.29, 1.82) is 0 Å². The molecule has 7 heavy (non-hydrogen) atoms. The molecule has 4 heteroatoms. The van der Waals surface area contributed by atoms with Crippen molar-refractivity contribution in [3.05, 3.63) is 9.11 Å². The number of rotatable bonds is 2. The SMILES string of the molecule is C=NS/C=C(\N)I. The fourth-order valence-electron chi connectivity index (χ4n) is 0.0876. The van der Waals surface area contributed by atoms with E-state index in [2.05, 4.69) is 11.1 Å². The standard InChI is InChI=1S/C3H5IN2S/c1-6-7-2-3(4)5/h2H,1,5H2/b3-2-. The van der Waals surface area contributed by atoms with Crippen LogP contribution in [0.2, 0.25) is 0 Å². The molecule has 0 unspecified atom stereocenters. The molecule has 0 saturated heterocycles. The lowest BCUT2D eigenvalue weighted by atomic mass is 11.1. The molecule has 0 aromatic heterocycles. The summed E-state index contributed by atoms with van der Waals surface area (Å²) in [6, 6.07) is 0. The molecule has 0 aliphatic heterocycles. The van der Waals surface area contributed by atoms with E-state index in [4.69, 9.17) is 5.73 Å². The lowest BCUT2D eigenvalue weighted by Gasteiger charge is -1.79. The van der Waals surface area contributed by atoms with Crippen LogP contribution in [0.5, 0.6) is 0 Å². The zero-order valence-electron chi connectivity index (χ0n) is 3.60. The van der Waals surface area contributed by atoms with Crippen molar-refractivity contribution in [1.82, 2.24) is 0 Å². The first-order valence-electron chi connectivity index (χ1n) is 1.50. The second-order valence-corrected chi connectivity index (χ2v) is 2.69. The predicted octanol–water partition coefficient (Wildman–Crippen LogP) is 1.53. The lowest BCUT2D eigenvalue weighted by molar-refractivity contribution is 1.61. The fourth-order valence-corrected chi connectivity index (χ4v) is 0.604. The van der Waals surface area contributed by atoms with Crippen molar-refractivity contribution >= 4 is 41.3 Å². The van der Waals surface area contributed by atoms with Crippen molar-refractivity contribution in [3.8, 4) is 0 Å². The molecule has 0 spiro atoms. The van der Waals surface area contributed by atoms with Crippen molar-refractivity contribution in [2.24, 2.45) is 10.1 Å². The van der Waals surface area contributed by atoms with E-state index in [0.717, 1.165) is 3.70 Å². The highest BCUT2D eigenvalue weighted by Crippen LogP contribution is 2.07. The van der Waals surface area contributed by atoms with Crippen LogP contribution in [-0.2, 0) is 0 Å². The van der Waals surface area contributed by atoms with Gasteiger partial charge in [-0.2, -0.15) is 0 Å². The van der Waals surface area contributed by atoms with Gasteiger partial charge in [-0.05, 0) is 29.3 Å². The number of hydrogen-bond donors (Lipinski definition) is 1. The minimum absolute atomic E-state index is 0.731. The van der Waals surface area contributed by atoms with Crippen LogP contribution in [0.4, 0.5) is 0 Å². The summed E-state index contributed by atoms with van der Waals surface area (Å²) < 4.78 is 4.21. The second kappa shape index (κ2) is 4.45. The van der Waals surface area contributed by atoms with Gasteiger partial charge in [0.05, 0.1) is 3.70 Å². The molecule has 2 nitrogen and oxygen atoms in total. The second-order valence-electron chi connectivity index (χ2n) is 0.737. The molecule has 0 aromatic carbocycles. The quantitative estimate of drug-likeness (QED) is 0.337. The van der Waals surface area contributed by atoms with Crippen molar-refractivity contribution in [3.63, 3.8) is 0 Å². The third-order valence-electron chi connectivity index (χ3n) is 0.240. The van der Waals surface area contributed by atoms with E-state index < -0.39 is 0 Å². The Kier molecular flexibility index (Phi) is 4.63. The number of nitrogens with zero attached hydrogens (tertiary/aromatic N) is 1. The minimum atomic E-state index is 0.731. The number of nitrogens with two attached hydrogens (primary N) is 1. The highest BCUT2D eigenvalue weighted by Gasteiger charge is 1.73. The van der Waals surface area contributed by atoms with Gasteiger partial charge >= 0.3 is 0 Å². The van der Waals surface area contributed by atoms with Crippen molar-refractivity contribution < 1.29 is 0 Å². The molecular formula is C3H5IN2S. The van der Waals surface area contributed by atoms with Gasteiger partial charge in [-0.1, -0.05) is 0 Å². The molecule has 2 N–H and O–H groups in total. The first-order valence-corrected chi connectivity index (χ1v) is 3.42. The van der Waals surface area contributed by atoms with Crippen LogP contribution in [0.1, 0.15) is 0 Å². The van der Waals surface area contributed by atoms with Gasteiger partial charge in [0.1, 0.15) is 0 Å². The molecule has 0 amide bonds. The van der Waals surface area contributed by atoms with Crippen molar-refractivity contribution in [2.75, 3.05) is 0 Å². The summed E-state index contributed by atoms with van der Waals surface area (Å²) >= 11 is 3.23. The first kappa shape index (κ1) is 7.29. The fraction of sp³-hybridized carbons (Fsp3) is 0. The van der Waals surface area contributed by atoms with E-state index in [1.165, 1.54) is 11.9 Å². The van der Waals surface area contributed by atoms with E-state index in [1.807, 2.05) is 22.6 Å². The molecule has 0 heterocycles. The van der Waals surface area contributed by atoms with Crippen LogP contribution < -0.4 is 5.73 Å². The number of hydrogen-bond acceptors (Lipinski definition) is 3. The van der Waals surface area contributed by atoms with Gasteiger partial charge in [0, 0.05) is 17.4 Å². The monoisotopic (exact) mass is 228 g/mol. The van der Waals surface area contributed by atoms with E-state index in [9.17, 15) is 0 Å². The zero-order chi connectivity index (χ0) is 5.70. The Bertz CT molecular complexity index is 86.9. The van der Waals surface area contributed by atoms with Gasteiger partial charge in [-0.3, -0.25) is 0 Å². The van der Waals surface area contributed by atoms with E-state index >= 15 is 0 Å². The maximum Gasteiger partial charge on any atom is 0.0788 e. The van der Waals surface area contributed by atoms with E-state index in [-0.39, 0.29) is 0 Å². The van der Waals surface area contributed by atoms with Crippen LogP contribution in [-0.4, -0.2) is 6.72 Å². The summed E-state index contributed by atoms with van der Waals surface area (Å²) in [5.41, 5.74) is 5.22. The summed E-state index contributed by atoms with van der Waals surface area (Å²) in [6.45, 7) is 3.24. The Balaban J connectivity index is 3.25. The summed E-state index contributed by atoms with van der Waals surface area (Å²) in [7, 11) is 0. The molecule has 0 aromatic rings. The zero-order valence-corrected chi connectivity index (χ0v) is 6.57. The predicted molar refractivity (Wildman–Crippen MR) is 43.4 cm³/mol. The normalized spacial score (nSPS) is 11.3. The first-order chi connectivity index (χ1) is 3.27. The molecule has 0 aliphatic carbocycles. The number of halogens is 1. The Labute approximate surface area is 60.5 Å². The summed E-state index contributed by atoms with van der Waals surface area (Å²) in [5, 5.41) is 1.72. The van der Waals surface area contributed by atoms with Crippen LogP contribution in [0.3, 0.4) is 0 Å². The van der Waals surface area contributed by atoms with Crippen LogP contribution >= 0.6 is 34.5 Å². The average Bonchev–Trinajstić information content (AvgIpc) is 1.61. The molecule has 0 saturated carbocycles. The third-order valence-corrected chi connectivity index (χ3v) is 1.48. The highest BCUT2D eigenvalue weighted by molar-refractivity contribution is 14.1. The Hall–Kier alpha value is 0.290. The Morgan fingerprint density at radius 3 is 2.71 bits per heavy atom. The van der Waals surface area contributed by atoms with Gasteiger partial charge in [-0.25, -0.2) is 4.40 Å². The Morgan fingerprint density at radius 2 is 2.57 bits per heavy atom. The molecule has 0 bridgehead atoms. The van der Waals surface area contributed by atoms with Crippen LogP contribution in [0.15, 0.2) is 13.5 Å². The topological polar surface area (TPSA) is 38.4 Å². The molecule has 0 aliphatic rings. The maximum atomic E-state index is 5.22. The van der Waals surface area contributed by atoms with E-state index in [1.54, 1.807) is 5.41 Å². The summed E-state index contributed by atoms with van der Waals surface area (Å²) in [5.74, 6) is 0. The molecule has 0 fully saturated rings. The maximum absolute atomic E-state index is 5.22. The molecular weight excluding hydrogens is 223 g/mol. The summed E-state index contributed by atoms with van der Waals surface area (Å²) in [4.78, 5) is 0. The van der Waals surface area contributed by atoms with E-state index in [0.29, 0.717) is 0 Å². The van der Waals surface area contributed by atoms with Gasteiger partial charge in [0.15, 0.2) is 0 Å². The molecule has 0 atom stereocenters. The average molecular weight is 228 g/mol. The molecule has 40 valence electrons. The Morgan fingerprint density at radius 1 is 2.00 bits per heavy atom. The van der Waals surface area contributed by atoms with Gasteiger partial charge in [0.2, 0.25) is 0 Å². The van der Waals surface area contributed by atoms with Crippen LogP contribution in [0, 0.1) is 0 Å². The summed E-state index contributed by atoms with van der Waals surface area (Å²) in [6.07, 6.45) is 0. The smallest absolute Gasteiger partial charge is 0.0788 e. The van der Waals surface area contributed by atoms with Gasteiger partial charge in [-0.15, -0.1) is 0 Å². The van der Waals surface area contributed by atoms with Gasteiger partial charge < -0.3 is 5.73 Å². The highest BCUT2D eigenvalue weighted by atomic mass is 127. The largest absolute Gasteiger partial charge is 0.393 e. The van der Waals surface area contributed by atoms with Gasteiger partial charge in [0.25, 0.3) is 0 Å². The molecule has 0 rings (SSSR count). The lowest BCUT2D eigenvalue weighted by Crippen LogP contribution is -1.82. The molecule has 0 radical (unpaired) electrons.